The highest BCUT2D eigenvalue weighted by Gasteiger charge is 2.13. The SMILES string of the molecule is CCn1cc(C(C)CN)c2cc(F)ccc21. The number of hydrogen-bond donors (Lipinski definition) is 1. The Morgan fingerprint density at radius 3 is 2.81 bits per heavy atom. The Bertz CT molecular complexity index is 502. The van der Waals surface area contributed by atoms with E-state index in [-0.39, 0.29) is 11.7 Å². The van der Waals surface area contributed by atoms with Crippen molar-refractivity contribution in [3.63, 3.8) is 0 Å². The lowest BCUT2D eigenvalue weighted by molar-refractivity contribution is 0.629. The standard InChI is InChI=1S/C13H17FN2/c1-3-16-8-12(9(2)7-15)11-6-10(14)4-5-13(11)16/h4-6,8-9H,3,7,15H2,1-2H3. The molecule has 0 amide bonds. The summed E-state index contributed by atoms with van der Waals surface area (Å²) >= 11 is 0. The zero-order valence-corrected chi connectivity index (χ0v) is 9.70. The van der Waals surface area contributed by atoms with Gasteiger partial charge in [-0.3, -0.25) is 0 Å². The van der Waals surface area contributed by atoms with E-state index >= 15 is 0 Å². The van der Waals surface area contributed by atoms with Gasteiger partial charge in [-0.1, -0.05) is 6.92 Å². The molecule has 0 aliphatic rings. The van der Waals surface area contributed by atoms with Crippen LogP contribution in [0.1, 0.15) is 25.3 Å². The number of nitrogens with two attached hydrogens (primary N) is 1. The summed E-state index contributed by atoms with van der Waals surface area (Å²) < 4.78 is 15.4. The summed E-state index contributed by atoms with van der Waals surface area (Å²) in [5.74, 6) is 0.0731. The summed E-state index contributed by atoms with van der Waals surface area (Å²) in [5, 5.41) is 0.986. The number of halogens is 1. The molecule has 0 aliphatic carbocycles. The minimum Gasteiger partial charge on any atom is -0.347 e. The summed E-state index contributed by atoms with van der Waals surface area (Å²) in [6, 6.07) is 4.94. The summed E-state index contributed by atoms with van der Waals surface area (Å²) in [7, 11) is 0. The predicted octanol–water partition coefficient (Wildman–Crippen LogP) is 2.86. The van der Waals surface area contributed by atoms with Crippen molar-refractivity contribution in [2.24, 2.45) is 5.73 Å². The van der Waals surface area contributed by atoms with E-state index < -0.39 is 0 Å². The first-order valence-corrected chi connectivity index (χ1v) is 5.65. The highest BCUT2D eigenvalue weighted by Crippen LogP contribution is 2.27. The van der Waals surface area contributed by atoms with Crippen molar-refractivity contribution >= 4 is 10.9 Å². The van der Waals surface area contributed by atoms with Gasteiger partial charge in [0, 0.05) is 23.6 Å². The molecule has 3 heteroatoms. The Morgan fingerprint density at radius 2 is 2.19 bits per heavy atom. The third-order valence-corrected chi connectivity index (χ3v) is 3.10. The van der Waals surface area contributed by atoms with Crippen molar-refractivity contribution in [3.8, 4) is 0 Å². The van der Waals surface area contributed by atoms with Gasteiger partial charge in [0.05, 0.1) is 0 Å². The third kappa shape index (κ3) is 1.71. The van der Waals surface area contributed by atoms with Crippen molar-refractivity contribution in [2.45, 2.75) is 26.3 Å². The number of hydrogen-bond acceptors (Lipinski definition) is 1. The van der Waals surface area contributed by atoms with Gasteiger partial charge in [-0.25, -0.2) is 4.39 Å². The molecule has 1 unspecified atom stereocenters. The van der Waals surface area contributed by atoms with Crippen LogP contribution in [0.25, 0.3) is 10.9 Å². The van der Waals surface area contributed by atoms with Crippen LogP contribution in [-0.4, -0.2) is 11.1 Å². The second kappa shape index (κ2) is 4.26. The average molecular weight is 220 g/mol. The molecule has 0 bridgehead atoms. The van der Waals surface area contributed by atoms with Crippen molar-refractivity contribution < 1.29 is 4.39 Å². The van der Waals surface area contributed by atoms with Crippen molar-refractivity contribution in [2.75, 3.05) is 6.54 Å². The first-order valence-electron chi connectivity index (χ1n) is 5.65. The highest BCUT2D eigenvalue weighted by atomic mass is 19.1. The van der Waals surface area contributed by atoms with Gasteiger partial charge in [-0.2, -0.15) is 0 Å². The molecule has 86 valence electrons. The molecule has 0 saturated carbocycles. The van der Waals surface area contributed by atoms with Gasteiger partial charge in [0.15, 0.2) is 0 Å². The minimum absolute atomic E-state index is 0.188. The molecule has 0 spiro atoms. The van der Waals surface area contributed by atoms with Crippen LogP contribution in [0.2, 0.25) is 0 Å². The van der Waals surface area contributed by atoms with E-state index in [4.69, 9.17) is 5.73 Å². The van der Waals surface area contributed by atoms with Gasteiger partial charge in [0.25, 0.3) is 0 Å². The number of fused-ring (bicyclic) bond motifs is 1. The van der Waals surface area contributed by atoms with Crippen LogP contribution in [-0.2, 0) is 6.54 Å². The Morgan fingerprint density at radius 1 is 1.44 bits per heavy atom. The first kappa shape index (κ1) is 11.1. The molecule has 1 atom stereocenters. The molecule has 0 saturated heterocycles. The smallest absolute Gasteiger partial charge is 0.123 e. The fourth-order valence-corrected chi connectivity index (χ4v) is 2.08. The van der Waals surface area contributed by atoms with E-state index in [0.717, 1.165) is 23.0 Å². The quantitative estimate of drug-likeness (QED) is 0.847. The summed E-state index contributed by atoms with van der Waals surface area (Å²) in [4.78, 5) is 0. The van der Waals surface area contributed by atoms with E-state index in [1.165, 1.54) is 6.07 Å². The van der Waals surface area contributed by atoms with Crippen molar-refractivity contribution in [1.82, 2.24) is 4.57 Å². The number of benzene rings is 1. The highest BCUT2D eigenvalue weighted by molar-refractivity contribution is 5.84. The fraction of sp³-hybridized carbons (Fsp3) is 0.385. The third-order valence-electron chi connectivity index (χ3n) is 3.10. The number of rotatable bonds is 3. The minimum atomic E-state index is -0.188. The van der Waals surface area contributed by atoms with Crippen molar-refractivity contribution in [1.29, 1.82) is 0 Å². The van der Waals surface area contributed by atoms with Gasteiger partial charge >= 0.3 is 0 Å². The van der Waals surface area contributed by atoms with Gasteiger partial charge < -0.3 is 10.3 Å². The van der Waals surface area contributed by atoms with E-state index in [1.807, 2.05) is 6.07 Å². The second-order valence-electron chi connectivity index (χ2n) is 4.17. The Balaban J connectivity index is 2.68. The maximum Gasteiger partial charge on any atom is 0.123 e. The number of aromatic nitrogens is 1. The lowest BCUT2D eigenvalue weighted by Crippen LogP contribution is -2.08. The number of nitrogens with zero attached hydrogens (tertiary/aromatic N) is 1. The molecule has 1 aromatic heterocycles. The maximum absolute atomic E-state index is 13.3. The van der Waals surface area contributed by atoms with Crippen LogP contribution in [0.4, 0.5) is 4.39 Å². The summed E-state index contributed by atoms with van der Waals surface area (Å²) in [6.45, 7) is 5.62. The molecule has 2 aromatic rings. The van der Waals surface area contributed by atoms with E-state index in [0.29, 0.717) is 6.54 Å². The van der Waals surface area contributed by atoms with Crippen LogP contribution < -0.4 is 5.73 Å². The van der Waals surface area contributed by atoms with Crippen LogP contribution >= 0.6 is 0 Å². The van der Waals surface area contributed by atoms with E-state index in [9.17, 15) is 4.39 Å². The average Bonchev–Trinajstić information content (AvgIpc) is 2.66. The van der Waals surface area contributed by atoms with Gasteiger partial charge in [0.2, 0.25) is 0 Å². The molecule has 2 N–H and O–H groups in total. The zero-order chi connectivity index (χ0) is 11.7. The molecule has 0 fully saturated rings. The lowest BCUT2D eigenvalue weighted by atomic mass is 10.0. The first-order chi connectivity index (χ1) is 7.67. The van der Waals surface area contributed by atoms with Crippen LogP contribution in [0.15, 0.2) is 24.4 Å². The molecule has 2 nitrogen and oxygen atoms in total. The summed E-state index contributed by atoms with van der Waals surface area (Å²) in [6.07, 6.45) is 2.08. The van der Waals surface area contributed by atoms with Gasteiger partial charge in [-0.15, -0.1) is 0 Å². The molecule has 2 rings (SSSR count). The number of aryl methyl sites for hydroxylation is 1. The Kier molecular flexibility index (Phi) is 2.97. The monoisotopic (exact) mass is 220 g/mol. The van der Waals surface area contributed by atoms with E-state index in [1.54, 1.807) is 6.07 Å². The van der Waals surface area contributed by atoms with E-state index in [2.05, 4.69) is 24.6 Å². The maximum atomic E-state index is 13.3. The fourth-order valence-electron chi connectivity index (χ4n) is 2.08. The molecule has 0 aliphatic heterocycles. The van der Waals surface area contributed by atoms with Gasteiger partial charge in [-0.05, 0) is 43.1 Å². The lowest BCUT2D eigenvalue weighted by Gasteiger charge is -2.06. The Labute approximate surface area is 94.9 Å². The molecular weight excluding hydrogens is 203 g/mol. The van der Waals surface area contributed by atoms with Crippen LogP contribution in [0.3, 0.4) is 0 Å². The molecule has 0 radical (unpaired) electrons. The van der Waals surface area contributed by atoms with Crippen LogP contribution in [0.5, 0.6) is 0 Å². The van der Waals surface area contributed by atoms with Crippen LogP contribution in [0, 0.1) is 5.82 Å². The topological polar surface area (TPSA) is 30.9 Å². The molecular formula is C13H17FN2. The molecule has 1 heterocycles. The predicted molar refractivity (Wildman–Crippen MR) is 65.0 cm³/mol. The molecule has 1 aromatic carbocycles. The largest absolute Gasteiger partial charge is 0.347 e. The normalized spacial score (nSPS) is 13.2. The molecule has 16 heavy (non-hydrogen) atoms. The van der Waals surface area contributed by atoms with Gasteiger partial charge in [0.1, 0.15) is 5.82 Å². The summed E-state index contributed by atoms with van der Waals surface area (Å²) in [5.41, 5.74) is 7.90. The zero-order valence-electron chi connectivity index (χ0n) is 9.70. The van der Waals surface area contributed by atoms with Crippen molar-refractivity contribution in [3.05, 3.63) is 35.8 Å². The second-order valence-corrected chi connectivity index (χ2v) is 4.17. The Hall–Kier alpha value is -1.35.